The van der Waals surface area contributed by atoms with Gasteiger partial charge in [0.25, 0.3) is 0 Å². The van der Waals surface area contributed by atoms with Gasteiger partial charge in [-0.15, -0.1) is 0 Å². The zero-order valence-electron chi connectivity index (χ0n) is 12.8. The van der Waals surface area contributed by atoms with Gasteiger partial charge in [-0.1, -0.05) is 19.3 Å². The summed E-state index contributed by atoms with van der Waals surface area (Å²) in [5.41, 5.74) is -0.551. The fraction of sp³-hybridized carbons (Fsp3) is 0.750. The number of carbonyl (C=O) groups excluding carboxylic acids is 2. The first-order chi connectivity index (χ1) is 9.37. The summed E-state index contributed by atoms with van der Waals surface area (Å²) in [6.07, 6.45) is 10.0. The topological polar surface area (TPSA) is 52.6 Å². The third-order valence-corrected chi connectivity index (χ3v) is 3.10. The first kappa shape index (κ1) is 16.7. The van der Waals surface area contributed by atoms with Crippen LogP contribution in [0.2, 0.25) is 0 Å². The van der Waals surface area contributed by atoms with Crippen LogP contribution in [-0.2, 0) is 19.1 Å². The normalized spacial score (nSPS) is 18.4. The largest absolute Gasteiger partial charge is 0.459 e. The van der Waals surface area contributed by atoms with E-state index in [1.807, 2.05) is 0 Å². The lowest BCUT2D eigenvalue weighted by molar-refractivity contribution is -0.150. The lowest BCUT2D eigenvalue weighted by Gasteiger charge is -2.19. The zero-order chi connectivity index (χ0) is 15.0. The van der Waals surface area contributed by atoms with Crippen LogP contribution < -0.4 is 0 Å². The summed E-state index contributed by atoms with van der Waals surface area (Å²) in [5, 5.41) is 0. The van der Waals surface area contributed by atoms with Crippen molar-refractivity contribution in [3.05, 3.63) is 12.2 Å². The van der Waals surface area contributed by atoms with E-state index < -0.39 is 17.5 Å². The minimum Gasteiger partial charge on any atom is -0.459 e. The number of esters is 2. The Balaban J connectivity index is 2.36. The molecule has 1 aliphatic carbocycles. The Kier molecular flexibility index (Phi) is 6.76. The monoisotopic (exact) mass is 282 g/mol. The molecule has 0 bridgehead atoms. The summed E-state index contributed by atoms with van der Waals surface area (Å²) in [7, 11) is 0. The van der Waals surface area contributed by atoms with Gasteiger partial charge in [0.15, 0.2) is 0 Å². The second-order valence-electron chi connectivity index (χ2n) is 6.27. The van der Waals surface area contributed by atoms with Gasteiger partial charge in [0, 0.05) is 12.2 Å². The molecule has 114 valence electrons. The van der Waals surface area contributed by atoms with Crippen LogP contribution in [0.4, 0.5) is 0 Å². The van der Waals surface area contributed by atoms with Crippen molar-refractivity contribution >= 4 is 11.9 Å². The number of hydrogen-bond donors (Lipinski definition) is 0. The van der Waals surface area contributed by atoms with E-state index in [0.29, 0.717) is 0 Å². The Morgan fingerprint density at radius 2 is 1.40 bits per heavy atom. The molecule has 0 spiro atoms. The highest BCUT2D eigenvalue weighted by Crippen LogP contribution is 2.19. The maximum absolute atomic E-state index is 11.7. The van der Waals surface area contributed by atoms with Crippen LogP contribution in [0.3, 0.4) is 0 Å². The Bertz CT molecular complexity index is 344. The Labute approximate surface area is 121 Å². The molecule has 4 nitrogen and oxygen atoms in total. The van der Waals surface area contributed by atoms with Crippen molar-refractivity contribution in [2.24, 2.45) is 0 Å². The van der Waals surface area contributed by atoms with Gasteiger partial charge in [-0.25, -0.2) is 9.59 Å². The molecule has 1 aliphatic rings. The quantitative estimate of drug-likeness (QED) is 0.587. The van der Waals surface area contributed by atoms with E-state index in [-0.39, 0.29) is 6.10 Å². The van der Waals surface area contributed by atoms with Crippen molar-refractivity contribution < 1.29 is 19.1 Å². The fourth-order valence-corrected chi connectivity index (χ4v) is 2.21. The predicted molar refractivity (Wildman–Crippen MR) is 77.2 cm³/mol. The third kappa shape index (κ3) is 7.97. The highest BCUT2D eigenvalue weighted by Gasteiger charge is 2.16. The molecular formula is C16H26O4. The molecule has 0 aromatic rings. The molecule has 0 atom stereocenters. The van der Waals surface area contributed by atoms with Crippen LogP contribution in [0, 0.1) is 0 Å². The molecule has 0 amide bonds. The number of ether oxygens (including phenoxy) is 2. The van der Waals surface area contributed by atoms with Crippen molar-refractivity contribution in [1.82, 2.24) is 0 Å². The second kappa shape index (κ2) is 8.08. The van der Waals surface area contributed by atoms with Crippen LogP contribution in [0.5, 0.6) is 0 Å². The summed E-state index contributed by atoms with van der Waals surface area (Å²) in [6.45, 7) is 5.35. The molecular weight excluding hydrogens is 256 g/mol. The van der Waals surface area contributed by atoms with Gasteiger partial charge in [-0.3, -0.25) is 0 Å². The minimum atomic E-state index is -0.551. The molecule has 1 rings (SSSR count). The maximum atomic E-state index is 11.7. The van der Waals surface area contributed by atoms with Gasteiger partial charge in [0.05, 0.1) is 0 Å². The van der Waals surface area contributed by atoms with Crippen LogP contribution in [0.1, 0.15) is 65.7 Å². The number of hydrogen-bond acceptors (Lipinski definition) is 4. The number of carbonyl (C=O) groups is 2. The molecule has 20 heavy (non-hydrogen) atoms. The number of rotatable bonds is 3. The summed E-state index contributed by atoms with van der Waals surface area (Å²) in [4.78, 5) is 23.1. The smallest absolute Gasteiger partial charge is 0.331 e. The summed E-state index contributed by atoms with van der Waals surface area (Å²) < 4.78 is 10.5. The van der Waals surface area contributed by atoms with E-state index in [4.69, 9.17) is 9.47 Å². The molecule has 0 aromatic carbocycles. The van der Waals surface area contributed by atoms with Crippen LogP contribution in [-0.4, -0.2) is 23.6 Å². The molecule has 0 radical (unpaired) electrons. The first-order valence-electron chi connectivity index (χ1n) is 7.48. The lowest BCUT2D eigenvalue weighted by Crippen LogP contribution is -2.23. The van der Waals surface area contributed by atoms with Crippen molar-refractivity contribution in [2.45, 2.75) is 77.4 Å². The SMILES string of the molecule is CC(C)(C)OC(=O)/C=C/C(=O)OC1CCCCCCC1. The molecule has 0 heterocycles. The highest BCUT2D eigenvalue weighted by molar-refractivity contribution is 5.91. The minimum absolute atomic E-state index is 0.00825. The van der Waals surface area contributed by atoms with Gasteiger partial charge >= 0.3 is 11.9 Å². The molecule has 1 saturated carbocycles. The van der Waals surface area contributed by atoms with Crippen molar-refractivity contribution in [1.29, 1.82) is 0 Å². The van der Waals surface area contributed by atoms with E-state index in [0.717, 1.165) is 37.8 Å². The zero-order valence-corrected chi connectivity index (χ0v) is 12.8. The van der Waals surface area contributed by atoms with Crippen molar-refractivity contribution in [3.63, 3.8) is 0 Å². The average Bonchev–Trinajstić information content (AvgIpc) is 2.27. The van der Waals surface area contributed by atoms with E-state index in [1.165, 1.54) is 19.3 Å². The molecule has 0 aromatic heterocycles. The summed E-state index contributed by atoms with van der Waals surface area (Å²) in [6, 6.07) is 0. The van der Waals surface area contributed by atoms with Gasteiger partial charge in [-0.05, 0) is 46.5 Å². The van der Waals surface area contributed by atoms with Crippen molar-refractivity contribution in [2.75, 3.05) is 0 Å². The Hall–Kier alpha value is -1.32. The van der Waals surface area contributed by atoms with Gasteiger partial charge in [-0.2, -0.15) is 0 Å². The summed E-state index contributed by atoms with van der Waals surface area (Å²) in [5.74, 6) is -0.978. The molecule has 0 N–H and O–H groups in total. The Morgan fingerprint density at radius 3 is 1.95 bits per heavy atom. The predicted octanol–water partition coefficient (Wildman–Crippen LogP) is 3.54. The van der Waals surface area contributed by atoms with Crippen LogP contribution in [0.15, 0.2) is 12.2 Å². The highest BCUT2D eigenvalue weighted by atomic mass is 16.6. The van der Waals surface area contributed by atoms with Gasteiger partial charge in [0.2, 0.25) is 0 Å². The molecule has 0 unspecified atom stereocenters. The van der Waals surface area contributed by atoms with Crippen LogP contribution >= 0.6 is 0 Å². The van der Waals surface area contributed by atoms with Crippen molar-refractivity contribution in [3.8, 4) is 0 Å². The molecule has 0 saturated heterocycles. The molecule has 4 heteroatoms. The van der Waals surface area contributed by atoms with E-state index >= 15 is 0 Å². The fourth-order valence-electron chi connectivity index (χ4n) is 2.21. The van der Waals surface area contributed by atoms with Gasteiger partial charge in [0.1, 0.15) is 11.7 Å². The van der Waals surface area contributed by atoms with Gasteiger partial charge < -0.3 is 9.47 Å². The van der Waals surface area contributed by atoms with E-state index in [2.05, 4.69) is 0 Å². The van der Waals surface area contributed by atoms with E-state index in [9.17, 15) is 9.59 Å². The second-order valence-corrected chi connectivity index (χ2v) is 6.27. The van der Waals surface area contributed by atoms with E-state index in [1.54, 1.807) is 20.8 Å². The van der Waals surface area contributed by atoms with Crippen LogP contribution in [0.25, 0.3) is 0 Å². The summed E-state index contributed by atoms with van der Waals surface area (Å²) >= 11 is 0. The Morgan fingerprint density at radius 1 is 0.900 bits per heavy atom. The maximum Gasteiger partial charge on any atom is 0.331 e. The standard InChI is InChI=1S/C16H26O4/c1-16(2,3)20-15(18)12-11-14(17)19-13-9-7-5-4-6-8-10-13/h11-13H,4-10H2,1-3H3/b12-11+. The molecule has 1 fully saturated rings. The first-order valence-corrected chi connectivity index (χ1v) is 7.48. The molecule has 0 aliphatic heterocycles. The third-order valence-electron chi connectivity index (χ3n) is 3.10. The average molecular weight is 282 g/mol. The lowest BCUT2D eigenvalue weighted by atomic mass is 9.99.